The van der Waals surface area contributed by atoms with Gasteiger partial charge in [0.15, 0.2) is 5.69 Å². The van der Waals surface area contributed by atoms with Crippen molar-refractivity contribution in [2.45, 2.75) is 38.0 Å². The zero-order valence-electron chi connectivity index (χ0n) is 18.5. The maximum Gasteiger partial charge on any atom is 0.436 e. The molecule has 180 valence electrons. The summed E-state index contributed by atoms with van der Waals surface area (Å²) in [4.78, 5) is 12.8. The quantitative estimate of drug-likeness (QED) is 0.360. The van der Waals surface area contributed by atoms with Gasteiger partial charge in [-0.2, -0.15) is 23.4 Å². The second-order valence-electron chi connectivity index (χ2n) is 8.40. The van der Waals surface area contributed by atoms with Crippen LogP contribution in [0.1, 0.15) is 35.7 Å². The van der Waals surface area contributed by atoms with Gasteiger partial charge in [-0.25, -0.2) is 4.68 Å². The number of carbonyl (C=O) groups is 1. The summed E-state index contributed by atoms with van der Waals surface area (Å²) in [6.45, 7) is -0.203. The van der Waals surface area contributed by atoms with Crippen molar-refractivity contribution in [3.8, 4) is 16.9 Å². The van der Waals surface area contributed by atoms with Gasteiger partial charge in [-0.3, -0.25) is 9.48 Å². The lowest BCUT2D eigenvalue weighted by molar-refractivity contribution is -0.141. The number of nitrogens with zero attached hydrogens (tertiary/aromatic N) is 4. The van der Waals surface area contributed by atoms with Crippen LogP contribution in [0.2, 0.25) is 5.02 Å². The van der Waals surface area contributed by atoms with Crippen molar-refractivity contribution in [1.29, 1.82) is 0 Å². The number of hydrogen-bond donors (Lipinski definition) is 1. The van der Waals surface area contributed by atoms with E-state index in [0.29, 0.717) is 5.69 Å². The third-order valence-corrected chi connectivity index (χ3v) is 6.16. The second-order valence-corrected chi connectivity index (χ2v) is 8.78. The molecule has 5 rings (SSSR count). The Kier molecular flexibility index (Phi) is 6.10. The highest BCUT2D eigenvalue weighted by Crippen LogP contribution is 2.46. The molecule has 4 aromatic rings. The third kappa shape index (κ3) is 4.95. The molecule has 1 saturated carbocycles. The first-order chi connectivity index (χ1) is 16.8. The van der Waals surface area contributed by atoms with Crippen molar-refractivity contribution in [3.05, 3.63) is 88.8 Å². The number of amides is 1. The van der Waals surface area contributed by atoms with Crippen LogP contribution in [0.3, 0.4) is 0 Å². The molecule has 0 unspecified atom stereocenters. The Morgan fingerprint density at radius 3 is 2.31 bits per heavy atom. The lowest BCUT2D eigenvalue weighted by Gasteiger charge is -2.08. The van der Waals surface area contributed by atoms with E-state index < -0.39 is 22.8 Å². The normalized spacial score (nSPS) is 13.7. The van der Waals surface area contributed by atoms with Gasteiger partial charge in [0.05, 0.1) is 22.1 Å². The molecular formula is C25H21ClF3N5O. The Balaban J connectivity index is 1.37. The summed E-state index contributed by atoms with van der Waals surface area (Å²) in [6, 6.07) is 19.1. The highest BCUT2D eigenvalue weighted by atomic mass is 35.5. The number of rotatable bonds is 7. The van der Waals surface area contributed by atoms with Gasteiger partial charge < -0.3 is 5.32 Å². The lowest BCUT2D eigenvalue weighted by Crippen LogP contribution is -2.28. The molecule has 1 amide bonds. The Morgan fingerprint density at radius 2 is 1.69 bits per heavy atom. The molecular weight excluding hydrogens is 479 g/mol. The highest BCUT2D eigenvalue weighted by molar-refractivity contribution is 6.32. The number of aromatic nitrogens is 4. The molecule has 6 nitrogen and oxygen atoms in total. The standard InChI is InChI=1S/C25H21ClF3N5O/c26-21-23(17-11-12-17)34(32-24(21)25(27,28)29)15-20(35)30-13-18-14-33(19-9-5-2-6-10-19)31-22(18)16-7-3-1-4-8-16/h1-10,14,17H,11-13,15H2,(H,30,35). The number of alkyl halides is 3. The Labute approximate surface area is 204 Å². The molecule has 0 aliphatic heterocycles. The Morgan fingerprint density at radius 1 is 1.03 bits per heavy atom. The highest BCUT2D eigenvalue weighted by Gasteiger charge is 2.42. The number of hydrogen-bond acceptors (Lipinski definition) is 3. The molecule has 0 radical (unpaired) electrons. The van der Waals surface area contributed by atoms with Crippen LogP contribution < -0.4 is 5.32 Å². The van der Waals surface area contributed by atoms with Gasteiger partial charge in [-0.15, -0.1) is 0 Å². The van der Waals surface area contributed by atoms with Crippen LogP contribution in [-0.2, 0) is 24.1 Å². The van der Waals surface area contributed by atoms with Crippen molar-refractivity contribution in [1.82, 2.24) is 24.9 Å². The van der Waals surface area contributed by atoms with Gasteiger partial charge in [0, 0.05) is 29.8 Å². The SMILES string of the molecule is O=C(Cn1nc(C(F)(F)F)c(Cl)c1C1CC1)NCc1cn(-c2ccccc2)nc1-c1ccccc1. The zero-order valence-corrected chi connectivity index (χ0v) is 19.2. The van der Waals surface area contributed by atoms with Gasteiger partial charge in [-0.05, 0) is 25.0 Å². The van der Waals surface area contributed by atoms with E-state index in [4.69, 9.17) is 16.7 Å². The average molecular weight is 500 g/mol. The topological polar surface area (TPSA) is 64.7 Å². The van der Waals surface area contributed by atoms with E-state index in [1.54, 1.807) is 4.68 Å². The molecule has 1 aliphatic rings. The van der Waals surface area contributed by atoms with Crippen LogP contribution in [0, 0.1) is 0 Å². The number of halogens is 4. The third-order valence-electron chi connectivity index (χ3n) is 5.79. The molecule has 1 fully saturated rings. The summed E-state index contributed by atoms with van der Waals surface area (Å²) in [6.07, 6.45) is -1.40. The average Bonchev–Trinajstić information content (AvgIpc) is 3.49. The predicted molar refractivity (Wildman–Crippen MR) is 125 cm³/mol. The lowest BCUT2D eigenvalue weighted by atomic mass is 10.1. The van der Waals surface area contributed by atoms with Gasteiger partial charge >= 0.3 is 6.18 Å². The summed E-state index contributed by atoms with van der Waals surface area (Å²) in [5, 5.41) is 10.7. The molecule has 0 spiro atoms. The molecule has 1 aliphatic carbocycles. The molecule has 10 heteroatoms. The first kappa shape index (κ1) is 23.2. The van der Waals surface area contributed by atoms with Crippen molar-refractivity contribution >= 4 is 17.5 Å². The van der Waals surface area contributed by atoms with E-state index in [9.17, 15) is 18.0 Å². The van der Waals surface area contributed by atoms with E-state index in [2.05, 4.69) is 10.4 Å². The summed E-state index contributed by atoms with van der Waals surface area (Å²) in [5.41, 5.74) is 2.35. The van der Waals surface area contributed by atoms with Gasteiger partial charge in [-0.1, -0.05) is 60.1 Å². The summed E-state index contributed by atoms with van der Waals surface area (Å²) in [7, 11) is 0. The first-order valence-electron chi connectivity index (χ1n) is 11.1. The molecule has 35 heavy (non-hydrogen) atoms. The minimum Gasteiger partial charge on any atom is -0.350 e. The van der Waals surface area contributed by atoms with Crippen molar-refractivity contribution < 1.29 is 18.0 Å². The minimum atomic E-state index is -4.68. The molecule has 0 atom stereocenters. The first-order valence-corrected chi connectivity index (χ1v) is 11.5. The van der Waals surface area contributed by atoms with Crippen molar-refractivity contribution in [3.63, 3.8) is 0 Å². The fraction of sp³-hybridized carbons (Fsp3) is 0.240. The number of benzene rings is 2. The number of nitrogens with one attached hydrogen (secondary N) is 1. The molecule has 2 aromatic carbocycles. The second kappa shape index (κ2) is 9.22. The molecule has 0 saturated heterocycles. The largest absolute Gasteiger partial charge is 0.436 e. The molecule has 1 N–H and O–H groups in total. The molecule has 2 aromatic heterocycles. The Bertz CT molecular complexity index is 1340. The smallest absolute Gasteiger partial charge is 0.350 e. The number of para-hydroxylation sites is 1. The zero-order chi connectivity index (χ0) is 24.6. The van der Waals surface area contributed by atoms with E-state index in [1.165, 1.54) is 0 Å². The Hall–Kier alpha value is -3.59. The van der Waals surface area contributed by atoms with Gasteiger partial charge in [0.2, 0.25) is 5.91 Å². The van der Waals surface area contributed by atoms with Crippen molar-refractivity contribution in [2.75, 3.05) is 0 Å². The molecule has 0 bridgehead atoms. The summed E-state index contributed by atoms with van der Waals surface area (Å²) in [5.74, 6) is -0.570. The van der Waals surface area contributed by atoms with Crippen LogP contribution in [0.5, 0.6) is 0 Å². The van der Waals surface area contributed by atoms with Crippen LogP contribution in [0.4, 0.5) is 13.2 Å². The monoisotopic (exact) mass is 499 g/mol. The fourth-order valence-electron chi connectivity index (χ4n) is 3.98. The fourth-order valence-corrected chi connectivity index (χ4v) is 4.38. The predicted octanol–water partition coefficient (Wildman–Crippen LogP) is 5.60. The van der Waals surface area contributed by atoms with Crippen LogP contribution >= 0.6 is 11.6 Å². The van der Waals surface area contributed by atoms with E-state index >= 15 is 0 Å². The minimum absolute atomic E-state index is 0.104. The van der Waals surface area contributed by atoms with E-state index in [-0.39, 0.29) is 24.7 Å². The molecule has 2 heterocycles. The number of carbonyl (C=O) groups excluding carboxylic acids is 1. The van der Waals surface area contributed by atoms with E-state index in [1.807, 2.05) is 66.9 Å². The van der Waals surface area contributed by atoms with Gasteiger partial charge in [0.25, 0.3) is 0 Å². The van der Waals surface area contributed by atoms with Crippen LogP contribution in [-0.4, -0.2) is 25.5 Å². The van der Waals surface area contributed by atoms with Crippen LogP contribution in [0.25, 0.3) is 16.9 Å². The summed E-state index contributed by atoms with van der Waals surface area (Å²) < 4.78 is 42.8. The van der Waals surface area contributed by atoms with Crippen LogP contribution in [0.15, 0.2) is 66.9 Å². The maximum atomic E-state index is 13.3. The van der Waals surface area contributed by atoms with E-state index in [0.717, 1.165) is 34.3 Å². The maximum absolute atomic E-state index is 13.3. The van der Waals surface area contributed by atoms with Gasteiger partial charge in [0.1, 0.15) is 6.54 Å². The summed E-state index contributed by atoms with van der Waals surface area (Å²) >= 11 is 6.01. The van der Waals surface area contributed by atoms with Crippen molar-refractivity contribution in [2.24, 2.45) is 0 Å².